The molecule has 102 valence electrons. The fourth-order valence-electron chi connectivity index (χ4n) is 1.31. The second-order valence-corrected chi connectivity index (χ2v) is 3.91. The van der Waals surface area contributed by atoms with Crippen LogP contribution >= 0.6 is 12.2 Å². The first kappa shape index (κ1) is 15.0. The minimum absolute atomic E-state index is 0.118. The van der Waals surface area contributed by atoms with Gasteiger partial charge < -0.3 is 15.2 Å². The van der Waals surface area contributed by atoms with Crippen LogP contribution in [-0.4, -0.2) is 24.5 Å². The second-order valence-electron chi connectivity index (χ2n) is 3.47. The Kier molecular flexibility index (Phi) is 6.38. The lowest BCUT2D eigenvalue weighted by molar-refractivity contribution is 0.297. The SMILES string of the molecule is C=CCOc1ccc(C=NNC(N)=S)cc1OCC. The zero-order valence-corrected chi connectivity index (χ0v) is 11.6. The number of nitrogens with zero attached hydrogens (tertiary/aromatic N) is 1. The van der Waals surface area contributed by atoms with Crippen molar-refractivity contribution in [1.29, 1.82) is 0 Å². The van der Waals surface area contributed by atoms with Crippen LogP contribution in [0.5, 0.6) is 11.5 Å². The van der Waals surface area contributed by atoms with Crippen LogP contribution in [0, 0.1) is 0 Å². The standard InChI is InChI=1S/C13H17N3O2S/c1-3-7-18-11-6-5-10(8-12(11)17-4-2)9-15-16-13(14)19/h3,5-6,8-9H,1,4,7H2,2H3,(H3,14,16,19). The average molecular weight is 279 g/mol. The summed E-state index contributed by atoms with van der Waals surface area (Å²) < 4.78 is 11.0. The molecule has 0 aliphatic rings. The summed E-state index contributed by atoms with van der Waals surface area (Å²) in [5.41, 5.74) is 8.60. The largest absolute Gasteiger partial charge is 0.490 e. The van der Waals surface area contributed by atoms with Gasteiger partial charge in [0.25, 0.3) is 0 Å². The molecule has 0 saturated carbocycles. The van der Waals surface area contributed by atoms with Gasteiger partial charge >= 0.3 is 0 Å². The van der Waals surface area contributed by atoms with Crippen LogP contribution in [0.4, 0.5) is 0 Å². The molecule has 6 heteroatoms. The maximum absolute atomic E-state index is 5.51. The van der Waals surface area contributed by atoms with Crippen LogP contribution in [0.3, 0.4) is 0 Å². The van der Waals surface area contributed by atoms with Gasteiger partial charge in [-0.15, -0.1) is 0 Å². The molecule has 0 amide bonds. The van der Waals surface area contributed by atoms with Gasteiger partial charge in [0, 0.05) is 0 Å². The molecule has 0 heterocycles. The molecule has 0 aliphatic heterocycles. The van der Waals surface area contributed by atoms with E-state index in [-0.39, 0.29) is 5.11 Å². The molecule has 3 N–H and O–H groups in total. The normalized spacial score (nSPS) is 10.2. The summed E-state index contributed by atoms with van der Waals surface area (Å²) in [4.78, 5) is 0. The first-order valence-electron chi connectivity index (χ1n) is 5.76. The highest BCUT2D eigenvalue weighted by Gasteiger charge is 2.05. The zero-order valence-electron chi connectivity index (χ0n) is 10.8. The summed E-state index contributed by atoms with van der Waals surface area (Å²) in [6.45, 7) is 6.49. The summed E-state index contributed by atoms with van der Waals surface area (Å²) in [7, 11) is 0. The highest BCUT2D eigenvalue weighted by Crippen LogP contribution is 2.28. The van der Waals surface area contributed by atoms with E-state index in [9.17, 15) is 0 Å². The van der Waals surface area contributed by atoms with Crippen molar-refractivity contribution in [3.63, 3.8) is 0 Å². The quantitative estimate of drug-likeness (QED) is 0.345. The van der Waals surface area contributed by atoms with E-state index < -0.39 is 0 Å². The Balaban J connectivity index is 2.84. The Morgan fingerprint density at radius 3 is 2.89 bits per heavy atom. The lowest BCUT2D eigenvalue weighted by atomic mass is 10.2. The Hall–Kier alpha value is -2.08. The molecule has 1 rings (SSSR count). The average Bonchev–Trinajstić information content (AvgIpc) is 2.38. The lowest BCUT2D eigenvalue weighted by Gasteiger charge is -2.11. The van der Waals surface area contributed by atoms with Gasteiger partial charge in [-0.3, -0.25) is 5.43 Å². The number of hydrogen-bond acceptors (Lipinski definition) is 4. The number of ether oxygens (including phenoxy) is 2. The first-order valence-corrected chi connectivity index (χ1v) is 6.17. The molecular weight excluding hydrogens is 262 g/mol. The Labute approximate surface area is 118 Å². The van der Waals surface area contributed by atoms with Crippen LogP contribution in [0.25, 0.3) is 0 Å². The first-order chi connectivity index (χ1) is 9.17. The number of rotatable bonds is 7. The Bertz CT molecular complexity index is 475. The fraction of sp³-hybridized carbons (Fsp3) is 0.231. The molecule has 0 bridgehead atoms. The third-order valence-corrected chi connectivity index (χ3v) is 2.10. The molecule has 0 spiro atoms. The molecule has 0 atom stereocenters. The smallest absolute Gasteiger partial charge is 0.184 e. The maximum atomic E-state index is 5.51. The summed E-state index contributed by atoms with van der Waals surface area (Å²) in [5, 5.41) is 4.00. The highest BCUT2D eigenvalue weighted by molar-refractivity contribution is 7.80. The molecule has 0 saturated heterocycles. The molecule has 0 radical (unpaired) electrons. The fourth-order valence-corrected chi connectivity index (χ4v) is 1.36. The number of nitrogens with one attached hydrogen (secondary N) is 1. The summed E-state index contributed by atoms with van der Waals surface area (Å²) >= 11 is 4.65. The number of hydrazone groups is 1. The van der Waals surface area contributed by atoms with Crippen molar-refractivity contribution in [3.05, 3.63) is 36.4 Å². The monoisotopic (exact) mass is 279 g/mol. The van der Waals surface area contributed by atoms with E-state index in [1.807, 2.05) is 25.1 Å². The van der Waals surface area contributed by atoms with Crippen LogP contribution in [0.1, 0.15) is 12.5 Å². The Morgan fingerprint density at radius 2 is 2.26 bits per heavy atom. The van der Waals surface area contributed by atoms with E-state index in [4.69, 9.17) is 15.2 Å². The van der Waals surface area contributed by atoms with Gasteiger partial charge in [0.1, 0.15) is 6.61 Å². The second kappa shape index (κ2) is 8.10. The van der Waals surface area contributed by atoms with E-state index in [0.717, 1.165) is 5.56 Å². The van der Waals surface area contributed by atoms with Gasteiger partial charge in [0.2, 0.25) is 0 Å². The molecular formula is C13H17N3O2S. The molecule has 0 unspecified atom stereocenters. The van der Waals surface area contributed by atoms with E-state index in [1.54, 1.807) is 12.3 Å². The predicted octanol–water partition coefficient (Wildman–Crippen LogP) is 1.82. The van der Waals surface area contributed by atoms with Gasteiger partial charge in [0.05, 0.1) is 12.8 Å². The van der Waals surface area contributed by atoms with Crippen molar-refractivity contribution in [3.8, 4) is 11.5 Å². The van der Waals surface area contributed by atoms with E-state index >= 15 is 0 Å². The summed E-state index contributed by atoms with van der Waals surface area (Å²) in [6.07, 6.45) is 3.27. The van der Waals surface area contributed by atoms with Crippen molar-refractivity contribution in [2.45, 2.75) is 6.92 Å². The van der Waals surface area contributed by atoms with Crippen LogP contribution < -0.4 is 20.6 Å². The molecule has 0 aliphatic carbocycles. The van der Waals surface area contributed by atoms with Crippen molar-refractivity contribution in [1.82, 2.24) is 5.43 Å². The Morgan fingerprint density at radius 1 is 1.47 bits per heavy atom. The number of nitrogens with two attached hydrogens (primary N) is 1. The number of hydrogen-bond donors (Lipinski definition) is 2. The maximum Gasteiger partial charge on any atom is 0.184 e. The predicted molar refractivity (Wildman–Crippen MR) is 80.8 cm³/mol. The molecule has 1 aromatic rings. The molecule has 5 nitrogen and oxygen atoms in total. The van der Waals surface area contributed by atoms with Crippen molar-refractivity contribution in [2.75, 3.05) is 13.2 Å². The molecule has 19 heavy (non-hydrogen) atoms. The van der Waals surface area contributed by atoms with Gasteiger partial charge in [-0.25, -0.2) is 0 Å². The molecule has 0 aromatic heterocycles. The van der Waals surface area contributed by atoms with Crippen LogP contribution in [0.2, 0.25) is 0 Å². The van der Waals surface area contributed by atoms with Crippen LogP contribution in [-0.2, 0) is 0 Å². The lowest BCUT2D eigenvalue weighted by Crippen LogP contribution is -2.23. The summed E-state index contributed by atoms with van der Waals surface area (Å²) in [5.74, 6) is 1.32. The minimum Gasteiger partial charge on any atom is -0.490 e. The van der Waals surface area contributed by atoms with Gasteiger partial charge in [0.15, 0.2) is 16.6 Å². The minimum atomic E-state index is 0.118. The van der Waals surface area contributed by atoms with Crippen LogP contribution in [0.15, 0.2) is 36.0 Å². The van der Waals surface area contributed by atoms with Crippen molar-refractivity contribution < 1.29 is 9.47 Å². The number of benzene rings is 1. The van der Waals surface area contributed by atoms with Gasteiger partial charge in [-0.05, 0) is 42.9 Å². The third kappa shape index (κ3) is 5.39. The highest BCUT2D eigenvalue weighted by atomic mass is 32.1. The van der Waals surface area contributed by atoms with Crippen molar-refractivity contribution in [2.24, 2.45) is 10.8 Å². The zero-order chi connectivity index (χ0) is 14.1. The molecule has 1 aromatic carbocycles. The van der Waals surface area contributed by atoms with Gasteiger partial charge in [-0.2, -0.15) is 5.10 Å². The van der Waals surface area contributed by atoms with E-state index in [1.165, 1.54) is 0 Å². The van der Waals surface area contributed by atoms with E-state index in [0.29, 0.717) is 24.7 Å². The molecule has 0 fully saturated rings. The summed E-state index contributed by atoms with van der Waals surface area (Å²) in [6, 6.07) is 5.50. The topological polar surface area (TPSA) is 68.9 Å². The van der Waals surface area contributed by atoms with Gasteiger partial charge in [-0.1, -0.05) is 12.7 Å². The number of thiocarbonyl (C=S) groups is 1. The van der Waals surface area contributed by atoms with Crippen molar-refractivity contribution >= 4 is 23.5 Å². The van der Waals surface area contributed by atoms with E-state index in [2.05, 4.69) is 29.3 Å². The third-order valence-electron chi connectivity index (χ3n) is 2.01.